The van der Waals surface area contributed by atoms with Crippen molar-refractivity contribution in [2.75, 3.05) is 19.6 Å². The number of H-pyrrole nitrogens is 1. The highest BCUT2D eigenvalue weighted by Gasteiger charge is 2.60. The number of aromatic amines is 1. The number of nitrogens with one attached hydrogen (secondary N) is 2. The predicted octanol–water partition coefficient (Wildman–Crippen LogP) is 5.86. The quantitative estimate of drug-likeness (QED) is 0.274. The standard InChI is InChI=1S/C31H28BrClN4O3S/c1-19-2-9-23(10-3-19)41-31(30(40)36-13-12-34-27(38)18-36)15-28(39)37(17-20-4-6-21(32)7-5-20)29(31)25-16-35-26-14-22(33)8-11-24(25)26/h2-11,14,16,29,35H,12-13,15,17-18H2,1H3,(H,34,38). The molecule has 0 radical (unpaired) electrons. The van der Waals surface area contributed by atoms with E-state index in [1.54, 1.807) is 4.90 Å². The third-order valence-electron chi connectivity index (χ3n) is 7.73. The second kappa shape index (κ2) is 11.2. The van der Waals surface area contributed by atoms with Gasteiger partial charge in [0, 0.05) is 56.7 Å². The normalized spacial score (nSPS) is 21.0. The highest BCUT2D eigenvalue weighted by atomic mass is 79.9. The lowest BCUT2D eigenvalue weighted by atomic mass is 9.90. The summed E-state index contributed by atoms with van der Waals surface area (Å²) >= 11 is 11.2. The first-order chi connectivity index (χ1) is 19.7. The number of carbonyl (C=O) groups excluding carboxylic acids is 3. The monoisotopic (exact) mass is 650 g/mol. The van der Waals surface area contributed by atoms with E-state index in [4.69, 9.17) is 11.6 Å². The molecule has 0 bridgehead atoms. The van der Waals surface area contributed by atoms with Gasteiger partial charge in [0.1, 0.15) is 4.75 Å². The van der Waals surface area contributed by atoms with Crippen LogP contribution in [-0.2, 0) is 20.9 Å². The molecule has 2 fully saturated rings. The molecule has 7 nitrogen and oxygen atoms in total. The lowest BCUT2D eigenvalue weighted by Gasteiger charge is -2.40. The Balaban J connectivity index is 1.53. The van der Waals surface area contributed by atoms with Gasteiger partial charge in [-0.2, -0.15) is 0 Å². The average molecular weight is 652 g/mol. The van der Waals surface area contributed by atoms with Gasteiger partial charge in [0.25, 0.3) is 0 Å². The number of halogens is 2. The molecule has 2 atom stereocenters. The van der Waals surface area contributed by atoms with E-state index >= 15 is 0 Å². The summed E-state index contributed by atoms with van der Waals surface area (Å²) in [5.41, 5.74) is 3.73. The second-order valence-corrected chi connectivity index (χ2v) is 13.3. The molecule has 3 amide bonds. The molecule has 3 aromatic carbocycles. The number of piperazine rings is 1. The number of thioether (sulfide) groups is 1. The number of hydrogen-bond acceptors (Lipinski definition) is 4. The van der Waals surface area contributed by atoms with E-state index in [9.17, 15) is 14.4 Å². The van der Waals surface area contributed by atoms with Crippen LogP contribution in [0, 0.1) is 6.92 Å². The van der Waals surface area contributed by atoms with Crippen LogP contribution in [0.15, 0.2) is 82.3 Å². The third kappa shape index (κ3) is 5.38. The minimum absolute atomic E-state index is 0.00392. The van der Waals surface area contributed by atoms with Crippen LogP contribution in [0.5, 0.6) is 0 Å². The first kappa shape index (κ1) is 27.9. The van der Waals surface area contributed by atoms with Crippen molar-refractivity contribution in [2.24, 2.45) is 0 Å². The highest BCUT2D eigenvalue weighted by molar-refractivity contribution is 9.10. The fourth-order valence-electron chi connectivity index (χ4n) is 5.78. The topological polar surface area (TPSA) is 85.5 Å². The fraction of sp³-hybridized carbons (Fsp3) is 0.258. The number of fused-ring (bicyclic) bond motifs is 1. The Morgan fingerprint density at radius 2 is 1.85 bits per heavy atom. The zero-order valence-electron chi connectivity index (χ0n) is 22.3. The van der Waals surface area contributed by atoms with Crippen molar-refractivity contribution in [3.8, 4) is 0 Å². The first-order valence-electron chi connectivity index (χ1n) is 13.4. The lowest BCUT2D eigenvalue weighted by Crippen LogP contribution is -2.57. The molecule has 2 saturated heterocycles. The fourth-order valence-corrected chi connectivity index (χ4v) is 7.68. The van der Waals surface area contributed by atoms with Crippen LogP contribution in [0.4, 0.5) is 0 Å². The molecule has 41 heavy (non-hydrogen) atoms. The molecular weight excluding hydrogens is 624 g/mol. The summed E-state index contributed by atoms with van der Waals surface area (Å²) in [5, 5.41) is 4.30. The molecule has 6 rings (SSSR count). The number of carbonyl (C=O) groups is 3. The number of likely N-dealkylation sites (tertiary alicyclic amines) is 1. The smallest absolute Gasteiger partial charge is 0.242 e. The molecule has 0 aliphatic carbocycles. The zero-order valence-corrected chi connectivity index (χ0v) is 25.5. The number of aryl methyl sites for hydroxylation is 1. The summed E-state index contributed by atoms with van der Waals surface area (Å²) in [5.74, 6) is -0.525. The van der Waals surface area contributed by atoms with Crippen molar-refractivity contribution < 1.29 is 14.4 Å². The van der Waals surface area contributed by atoms with Gasteiger partial charge in [-0.25, -0.2) is 0 Å². The molecule has 2 aliphatic rings. The lowest BCUT2D eigenvalue weighted by molar-refractivity contribution is -0.140. The van der Waals surface area contributed by atoms with E-state index in [0.29, 0.717) is 24.7 Å². The molecule has 3 heterocycles. The Morgan fingerprint density at radius 3 is 2.59 bits per heavy atom. The van der Waals surface area contributed by atoms with Gasteiger partial charge in [-0.1, -0.05) is 63.4 Å². The summed E-state index contributed by atoms with van der Waals surface area (Å²) in [6.07, 6.45) is 1.89. The highest BCUT2D eigenvalue weighted by Crippen LogP contribution is 2.55. The molecule has 2 unspecified atom stereocenters. The zero-order chi connectivity index (χ0) is 28.7. The molecule has 210 valence electrons. The minimum atomic E-state index is -1.21. The molecule has 4 aromatic rings. The molecule has 2 N–H and O–H groups in total. The first-order valence-corrected chi connectivity index (χ1v) is 15.3. The number of hydrogen-bond donors (Lipinski definition) is 2. The van der Waals surface area contributed by atoms with Crippen molar-refractivity contribution in [1.82, 2.24) is 20.1 Å². The summed E-state index contributed by atoms with van der Waals surface area (Å²) in [7, 11) is 0. The van der Waals surface area contributed by atoms with E-state index in [0.717, 1.165) is 37.0 Å². The van der Waals surface area contributed by atoms with E-state index in [-0.39, 0.29) is 30.7 Å². The van der Waals surface area contributed by atoms with Crippen LogP contribution in [0.3, 0.4) is 0 Å². The summed E-state index contributed by atoms with van der Waals surface area (Å²) in [6.45, 7) is 3.08. The van der Waals surface area contributed by atoms with Crippen LogP contribution in [-0.4, -0.2) is 56.9 Å². The SMILES string of the molecule is Cc1ccc(SC2(C(=O)N3CCNC(=O)C3)CC(=O)N(Cc3ccc(Br)cc3)C2c2c[nH]c3cc(Cl)ccc23)cc1. The van der Waals surface area contributed by atoms with E-state index < -0.39 is 10.8 Å². The van der Waals surface area contributed by atoms with Crippen LogP contribution in [0.2, 0.25) is 5.02 Å². The van der Waals surface area contributed by atoms with Crippen LogP contribution in [0.25, 0.3) is 10.9 Å². The maximum absolute atomic E-state index is 14.7. The van der Waals surface area contributed by atoms with Crippen molar-refractivity contribution in [1.29, 1.82) is 0 Å². The number of amides is 3. The van der Waals surface area contributed by atoms with Crippen molar-refractivity contribution >= 4 is 67.9 Å². The number of benzene rings is 3. The number of nitrogens with zero attached hydrogens (tertiary/aromatic N) is 2. The Labute approximate surface area is 255 Å². The van der Waals surface area contributed by atoms with Gasteiger partial charge in [0.05, 0.1) is 19.0 Å². The van der Waals surface area contributed by atoms with Gasteiger partial charge in [-0.05, 0) is 48.9 Å². The van der Waals surface area contributed by atoms with Gasteiger partial charge in [-0.3, -0.25) is 14.4 Å². The minimum Gasteiger partial charge on any atom is -0.361 e. The molecular formula is C31H28BrClN4O3S. The summed E-state index contributed by atoms with van der Waals surface area (Å²) < 4.78 is -0.268. The van der Waals surface area contributed by atoms with Gasteiger partial charge in [-0.15, -0.1) is 11.8 Å². The molecule has 0 saturated carbocycles. The predicted molar refractivity (Wildman–Crippen MR) is 165 cm³/mol. The Kier molecular flexibility index (Phi) is 7.61. The van der Waals surface area contributed by atoms with E-state index in [2.05, 4.69) is 26.2 Å². The Hall–Kier alpha value is -3.27. The van der Waals surface area contributed by atoms with E-state index in [1.807, 2.05) is 84.8 Å². The molecule has 0 spiro atoms. The van der Waals surface area contributed by atoms with Crippen molar-refractivity contribution in [2.45, 2.75) is 35.6 Å². The van der Waals surface area contributed by atoms with E-state index in [1.165, 1.54) is 11.8 Å². The average Bonchev–Trinajstić information content (AvgIpc) is 3.48. The maximum atomic E-state index is 14.7. The van der Waals surface area contributed by atoms with Gasteiger partial charge in [0.15, 0.2) is 0 Å². The number of rotatable bonds is 6. The van der Waals surface area contributed by atoms with Crippen LogP contribution < -0.4 is 5.32 Å². The van der Waals surface area contributed by atoms with Gasteiger partial charge >= 0.3 is 0 Å². The summed E-state index contributed by atoms with van der Waals surface area (Å²) in [4.78, 5) is 48.8. The maximum Gasteiger partial charge on any atom is 0.242 e. The Morgan fingerprint density at radius 1 is 1.10 bits per heavy atom. The Bertz CT molecular complexity index is 1640. The number of aromatic nitrogens is 1. The summed E-state index contributed by atoms with van der Waals surface area (Å²) in [6, 6.07) is 20.8. The largest absolute Gasteiger partial charge is 0.361 e. The second-order valence-electron chi connectivity index (χ2n) is 10.5. The van der Waals surface area contributed by atoms with Crippen molar-refractivity contribution in [3.63, 3.8) is 0 Å². The van der Waals surface area contributed by atoms with Crippen LogP contribution in [0.1, 0.15) is 29.2 Å². The van der Waals surface area contributed by atoms with Gasteiger partial charge in [0.2, 0.25) is 17.7 Å². The van der Waals surface area contributed by atoms with Gasteiger partial charge < -0.3 is 20.1 Å². The molecule has 10 heteroatoms. The molecule has 2 aliphatic heterocycles. The van der Waals surface area contributed by atoms with Crippen LogP contribution >= 0.6 is 39.3 Å². The molecule has 1 aromatic heterocycles. The van der Waals surface area contributed by atoms with Crippen molar-refractivity contribution in [3.05, 3.63) is 99.1 Å². The third-order valence-corrected chi connectivity index (χ3v) is 9.91.